The maximum absolute atomic E-state index is 13.6. The first-order valence-electron chi connectivity index (χ1n) is 10.7. The number of carbonyl (C=O) groups is 1. The number of fused-ring (bicyclic) bond motifs is 1. The Labute approximate surface area is 202 Å². The van der Waals surface area contributed by atoms with Gasteiger partial charge in [-0.2, -0.15) is 14.9 Å². The predicted molar refractivity (Wildman–Crippen MR) is 123 cm³/mol. The number of rotatable bonds is 9. The molecule has 1 fully saturated rings. The lowest BCUT2D eigenvalue weighted by atomic mass is 10.1. The number of hydrogen-bond acceptors (Lipinski definition) is 10. The molecule has 192 valence electrons. The minimum atomic E-state index is -4.40. The standard InChI is InChI=1S/C21H23N4O10P/c1-11(20(29)30)24-36(32,35-14-8-4-6-12-5-2-3-7-13(12)14)33-10-15-17(27)18(28)19(34-15)25-21(31)23-16(26)9-22-25/h2-9,11,15,17-19,27-28H,10H2,1H3,(H,24,32)(H,29,30)(H,23,26,31)/t11-,15+,17+,18+,19+,36?/m0/s1. The van der Waals surface area contributed by atoms with Crippen LogP contribution in [0.15, 0.2) is 58.3 Å². The van der Waals surface area contributed by atoms with Gasteiger partial charge in [0.2, 0.25) is 0 Å². The zero-order valence-electron chi connectivity index (χ0n) is 18.8. The largest absolute Gasteiger partial charge is 0.480 e. The Hall–Kier alpha value is -3.39. The van der Waals surface area contributed by atoms with Crippen molar-refractivity contribution in [1.82, 2.24) is 19.9 Å². The second-order valence-electron chi connectivity index (χ2n) is 7.98. The number of carboxylic acids is 1. The highest BCUT2D eigenvalue weighted by Crippen LogP contribution is 2.47. The molecule has 36 heavy (non-hydrogen) atoms. The average molecular weight is 522 g/mol. The molecule has 0 bridgehead atoms. The molecule has 0 radical (unpaired) electrons. The van der Waals surface area contributed by atoms with E-state index in [9.17, 15) is 34.3 Å². The van der Waals surface area contributed by atoms with Gasteiger partial charge < -0.3 is 24.6 Å². The number of hydrogen-bond donors (Lipinski definition) is 5. The van der Waals surface area contributed by atoms with E-state index in [0.717, 1.165) is 11.6 Å². The van der Waals surface area contributed by atoms with Gasteiger partial charge in [0.25, 0.3) is 5.56 Å². The van der Waals surface area contributed by atoms with Crippen molar-refractivity contribution in [2.24, 2.45) is 0 Å². The van der Waals surface area contributed by atoms with Crippen molar-refractivity contribution in [3.8, 4) is 5.75 Å². The molecule has 2 heterocycles. The van der Waals surface area contributed by atoms with Gasteiger partial charge in [-0.1, -0.05) is 36.4 Å². The van der Waals surface area contributed by atoms with Crippen molar-refractivity contribution in [3.05, 3.63) is 69.5 Å². The van der Waals surface area contributed by atoms with Crippen molar-refractivity contribution in [2.75, 3.05) is 6.61 Å². The Balaban J connectivity index is 1.56. The quantitative estimate of drug-likeness (QED) is 0.235. The first-order chi connectivity index (χ1) is 17.1. The van der Waals surface area contributed by atoms with E-state index in [1.165, 1.54) is 13.0 Å². The van der Waals surface area contributed by atoms with E-state index in [1.54, 1.807) is 36.4 Å². The summed E-state index contributed by atoms with van der Waals surface area (Å²) in [5, 5.41) is 37.3. The zero-order chi connectivity index (χ0) is 26.0. The third-order valence-corrected chi connectivity index (χ3v) is 7.04. The van der Waals surface area contributed by atoms with Gasteiger partial charge in [0.15, 0.2) is 6.23 Å². The average Bonchev–Trinajstić information content (AvgIpc) is 3.11. The molecule has 6 atom stereocenters. The van der Waals surface area contributed by atoms with Gasteiger partial charge >= 0.3 is 19.4 Å². The molecule has 1 aromatic heterocycles. The number of aliphatic hydroxyl groups is 2. The lowest BCUT2D eigenvalue weighted by Gasteiger charge is -2.24. The van der Waals surface area contributed by atoms with Crippen LogP contribution in [-0.2, 0) is 18.6 Å². The van der Waals surface area contributed by atoms with Crippen molar-refractivity contribution in [3.63, 3.8) is 0 Å². The van der Waals surface area contributed by atoms with Crippen LogP contribution in [0.4, 0.5) is 0 Å². The second-order valence-corrected chi connectivity index (χ2v) is 9.67. The zero-order valence-corrected chi connectivity index (χ0v) is 19.6. The summed E-state index contributed by atoms with van der Waals surface area (Å²) in [5.74, 6) is -1.17. The van der Waals surface area contributed by atoms with Crippen molar-refractivity contribution in [1.29, 1.82) is 0 Å². The van der Waals surface area contributed by atoms with Crippen LogP contribution in [-0.4, -0.2) is 67.0 Å². The summed E-state index contributed by atoms with van der Waals surface area (Å²) in [5.41, 5.74) is -1.75. The number of nitrogens with one attached hydrogen (secondary N) is 2. The van der Waals surface area contributed by atoms with Gasteiger partial charge in [0.05, 0.1) is 6.61 Å². The van der Waals surface area contributed by atoms with Crippen LogP contribution < -0.4 is 20.9 Å². The summed E-state index contributed by atoms with van der Waals surface area (Å²) in [6.45, 7) is 0.605. The van der Waals surface area contributed by atoms with Crippen molar-refractivity contribution >= 4 is 24.5 Å². The highest BCUT2D eigenvalue weighted by atomic mass is 31.2. The number of aromatic amines is 1. The minimum Gasteiger partial charge on any atom is -0.480 e. The predicted octanol–water partition coefficient (Wildman–Crippen LogP) is -0.0296. The summed E-state index contributed by atoms with van der Waals surface area (Å²) in [6.07, 6.45) is -5.28. The molecule has 0 saturated carbocycles. The molecular formula is C21H23N4O10P. The number of benzene rings is 2. The molecule has 0 aliphatic carbocycles. The van der Waals surface area contributed by atoms with Gasteiger partial charge in [0.1, 0.15) is 36.3 Å². The van der Waals surface area contributed by atoms with Gasteiger partial charge in [0, 0.05) is 5.39 Å². The van der Waals surface area contributed by atoms with Crippen LogP contribution in [0.3, 0.4) is 0 Å². The van der Waals surface area contributed by atoms with E-state index in [-0.39, 0.29) is 5.75 Å². The van der Waals surface area contributed by atoms with Crippen LogP contribution >= 0.6 is 7.75 Å². The van der Waals surface area contributed by atoms with Crippen LogP contribution in [0.1, 0.15) is 13.2 Å². The summed E-state index contributed by atoms with van der Waals surface area (Å²) >= 11 is 0. The Morgan fingerprint density at radius 1 is 1.22 bits per heavy atom. The Morgan fingerprint density at radius 3 is 2.67 bits per heavy atom. The number of H-pyrrole nitrogens is 1. The topological polar surface area (TPSA) is 202 Å². The van der Waals surface area contributed by atoms with E-state index in [0.29, 0.717) is 10.1 Å². The Bertz CT molecular complexity index is 1420. The van der Waals surface area contributed by atoms with Crippen LogP contribution in [0.2, 0.25) is 0 Å². The number of carboxylic acid groups (broad SMARTS) is 1. The first-order valence-corrected chi connectivity index (χ1v) is 12.2. The molecule has 4 rings (SSSR count). The molecule has 3 aromatic rings. The van der Waals surface area contributed by atoms with Gasteiger partial charge in [-0.15, -0.1) is 0 Å². The maximum atomic E-state index is 13.6. The fraction of sp³-hybridized carbons (Fsp3) is 0.333. The van der Waals surface area contributed by atoms with Gasteiger partial charge in [-0.25, -0.2) is 9.36 Å². The maximum Gasteiger partial charge on any atom is 0.459 e. The van der Waals surface area contributed by atoms with Crippen LogP contribution in [0, 0.1) is 0 Å². The second kappa shape index (κ2) is 10.3. The van der Waals surface area contributed by atoms with Gasteiger partial charge in [-0.3, -0.25) is 19.1 Å². The van der Waals surface area contributed by atoms with Gasteiger partial charge in [-0.05, 0) is 18.4 Å². The Morgan fingerprint density at radius 2 is 1.94 bits per heavy atom. The highest BCUT2D eigenvalue weighted by molar-refractivity contribution is 7.52. The number of aromatic nitrogens is 3. The van der Waals surface area contributed by atoms with Crippen molar-refractivity contribution in [2.45, 2.75) is 37.5 Å². The highest BCUT2D eigenvalue weighted by Gasteiger charge is 2.46. The molecule has 1 aliphatic rings. The van der Waals surface area contributed by atoms with Crippen LogP contribution in [0.5, 0.6) is 5.75 Å². The Kier molecular flexibility index (Phi) is 7.36. The van der Waals surface area contributed by atoms with E-state index >= 15 is 0 Å². The fourth-order valence-corrected chi connectivity index (χ4v) is 5.10. The lowest BCUT2D eigenvalue weighted by Crippen LogP contribution is -2.39. The van der Waals surface area contributed by atoms with E-state index < -0.39 is 62.2 Å². The third-order valence-electron chi connectivity index (χ3n) is 5.41. The summed E-state index contributed by atoms with van der Waals surface area (Å²) < 4.78 is 30.8. The number of aliphatic hydroxyl groups excluding tert-OH is 2. The minimum absolute atomic E-state index is 0.149. The molecular weight excluding hydrogens is 499 g/mol. The smallest absolute Gasteiger partial charge is 0.459 e. The molecule has 1 saturated heterocycles. The van der Waals surface area contributed by atoms with Crippen molar-refractivity contribution < 1.29 is 38.5 Å². The molecule has 0 amide bonds. The number of aliphatic carboxylic acids is 1. The molecule has 15 heteroatoms. The normalized spacial score (nSPS) is 24.3. The molecule has 0 spiro atoms. The lowest BCUT2D eigenvalue weighted by molar-refractivity contribution is -0.138. The molecule has 2 aromatic carbocycles. The van der Waals surface area contributed by atoms with E-state index in [1.807, 2.05) is 4.98 Å². The van der Waals surface area contributed by atoms with Crippen LogP contribution in [0.25, 0.3) is 10.8 Å². The molecule has 1 unspecified atom stereocenters. The molecule has 1 aliphatic heterocycles. The molecule has 14 nitrogen and oxygen atoms in total. The molecule has 5 N–H and O–H groups in total. The van der Waals surface area contributed by atoms with E-state index in [2.05, 4.69) is 10.2 Å². The summed E-state index contributed by atoms with van der Waals surface area (Å²) in [6, 6.07) is 10.7. The SMILES string of the molecule is C[C@H](NP(=O)(OC[C@H]1O[C@@H](n2ncc(=O)[nH]c2=O)[C@H](O)[C@@H]1O)Oc1cccc2ccccc12)C(=O)O. The monoisotopic (exact) mass is 522 g/mol. The number of ether oxygens (including phenoxy) is 1. The summed E-state index contributed by atoms with van der Waals surface area (Å²) in [7, 11) is -4.40. The van der Waals surface area contributed by atoms with E-state index in [4.69, 9.17) is 13.8 Å². The third kappa shape index (κ3) is 5.38. The summed E-state index contributed by atoms with van der Waals surface area (Å²) in [4.78, 5) is 36.6. The first kappa shape index (κ1) is 25.7. The number of nitrogens with zero attached hydrogens (tertiary/aromatic N) is 2. The fourth-order valence-electron chi connectivity index (χ4n) is 3.57.